The van der Waals surface area contributed by atoms with Crippen molar-refractivity contribution >= 4 is 10.0 Å². The number of hydrogen-bond acceptors (Lipinski definition) is 3. The lowest BCUT2D eigenvalue weighted by Crippen LogP contribution is -2.57. The lowest BCUT2D eigenvalue weighted by atomic mass is 10.2. The van der Waals surface area contributed by atoms with Crippen LogP contribution in [0.2, 0.25) is 0 Å². The van der Waals surface area contributed by atoms with E-state index < -0.39 is 26.6 Å². The molecule has 1 fully saturated rings. The largest absolute Gasteiger partial charge is 0.325 e. The highest BCUT2D eigenvalue weighted by Gasteiger charge is 2.36. The van der Waals surface area contributed by atoms with Gasteiger partial charge in [-0.05, 0) is 18.2 Å². The Morgan fingerprint density at radius 2 is 1.94 bits per heavy atom. The molecule has 4 nitrogen and oxygen atoms in total. The molecule has 0 bridgehead atoms. The number of benzene rings is 1. The van der Waals surface area contributed by atoms with Crippen LogP contribution in [0.25, 0.3) is 0 Å². The zero-order valence-electron chi connectivity index (χ0n) is 8.23. The van der Waals surface area contributed by atoms with Crippen molar-refractivity contribution in [2.45, 2.75) is 10.9 Å². The fourth-order valence-corrected chi connectivity index (χ4v) is 3.11. The second-order valence-electron chi connectivity index (χ2n) is 3.66. The summed E-state index contributed by atoms with van der Waals surface area (Å²) in [6.07, 6.45) is 0. The van der Waals surface area contributed by atoms with Crippen molar-refractivity contribution in [2.75, 3.05) is 13.1 Å². The summed E-state index contributed by atoms with van der Waals surface area (Å²) in [6, 6.07) is 2.11. The number of rotatable bonds is 2. The summed E-state index contributed by atoms with van der Waals surface area (Å²) in [5.41, 5.74) is 5.44. The Bertz CT molecular complexity index is 512. The summed E-state index contributed by atoms with van der Waals surface area (Å²) in [7, 11) is -3.95. The van der Waals surface area contributed by atoms with E-state index in [1.807, 2.05) is 0 Å². The molecular weight excluding hydrogens is 238 g/mol. The maximum Gasteiger partial charge on any atom is 0.246 e. The molecule has 0 amide bonds. The van der Waals surface area contributed by atoms with E-state index >= 15 is 0 Å². The zero-order chi connectivity index (χ0) is 11.9. The lowest BCUT2D eigenvalue weighted by Gasteiger charge is -2.35. The van der Waals surface area contributed by atoms with Gasteiger partial charge in [0.1, 0.15) is 16.5 Å². The molecule has 1 aliphatic rings. The molecule has 16 heavy (non-hydrogen) atoms. The summed E-state index contributed by atoms with van der Waals surface area (Å²) >= 11 is 0. The lowest BCUT2D eigenvalue weighted by molar-refractivity contribution is 0.264. The monoisotopic (exact) mass is 248 g/mol. The molecular formula is C9H10F2N2O2S. The minimum atomic E-state index is -3.95. The molecule has 1 aromatic carbocycles. The van der Waals surface area contributed by atoms with Crippen LogP contribution >= 0.6 is 0 Å². The Morgan fingerprint density at radius 3 is 2.50 bits per heavy atom. The zero-order valence-corrected chi connectivity index (χ0v) is 9.05. The molecule has 0 aliphatic carbocycles. The van der Waals surface area contributed by atoms with Crippen LogP contribution in [0, 0.1) is 11.6 Å². The van der Waals surface area contributed by atoms with E-state index in [0.717, 1.165) is 16.4 Å². The van der Waals surface area contributed by atoms with Gasteiger partial charge in [0.2, 0.25) is 10.0 Å². The minimum absolute atomic E-state index is 0.137. The second kappa shape index (κ2) is 3.76. The molecule has 1 heterocycles. The number of halogens is 2. The van der Waals surface area contributed by atoms with Crippen molar-refractivity contribution in [1.29, 1.82) is 0 Å². The van der Waals surface area contributed by atoms with E-state index in [1.54, 1.807) is 0 Å². The predicted octanol–water partition coefficient (Wildman–Crippen LogP) is 0.296. The molecule has 0 radical (unpaired) electrons. The van der Waals surface area contributed by atoms with Crippen LogP contribution in [0.1, 0.15) is 0 Å². The van der Waals surface area contributed by atoms with Crippen LogP contribution in [0.15, 0.2) is 23.1 Å². The molecule has 1 saturated heterocycles. The van der Waals surface area contributed by atoms with Crippen molar-refractivity contribution in [1.82, 2.24) is 4.31 Å². The van der Waals surface area contributed by atoms with E-state index in [-0.39, 0.29) is 19.1 Å². The number of sulfonamides is 1. The Morgan fingerprint density at radius 1 is 1.31 bits per heavy atom. The Kier molecular flexibility index (Phi) is 2.69. The topological polar surface area (TPSA) is 63.4 Å². The Labute approximate surface area is 91.7 Å². The quantitative estimate of drug-likeness (QED) is 0.818. The van der Waals surface area contributed by atoms with Gasteiger partial charge in [-0.2, -0.15) is 4.31 Å². The minimum Gasteiger partial charge on any atom is -0.325 e. The number of nitrogens with two attached hydrogens (primary N) is 1. The third-order valence-electron chi connectivity index (χ3n) is 2.39. The van der Waals surface area contributed by atoms with Crippen LogP contribution in [-0.2, 0) is 10.0 Å². The smallest absolute Gasteiger partial charge is 0.246 e. The van der Waals surface area contributed by atoms with Gasteiger partial charge in [0.25, 0.3) is 0 Å². The number of nitrogens with zero attached hydrogens (tertiary/aromatic N) is 1. The van der Waals surface area contributed by atoms with Gasteiger partial charge >= 0.3 is 0 Å². The van der Waals surface area contributed by atoms with E-state index in [9.17, 15) is 17.2 Å². The van der Waals surface area contributed by atoms with E-state index in [2.05, 4.69) is 0 Å². The summed E-state index contributed by atoms with van der Waals surface area (Å²) in [5, 5.41) is 0. The normalized spacial score (nSPS) is 18.4. The average Bonchev–Trinajstić information content (AvgIpc) is 2.16. The first-order valence-electron chi connectivity index (χ1n) is 4.62. The Balaban J connectivity index is 2.40. The van der Waals surface area contributed by atoms with Crippen molar-refractivity contribution < 1.29 is 17.2 Å². The second-order valence-corrected chi connectivity index (χ2v) is 5.56. The fourth-order valence-electron chi connectivity index (χ4n) is 1.48. The van der Waals surface area contributed by atoms with Crippen LogP contribution in [-0.4, -0.2) is 31.9 Å². The molecule has 1 aromatic rings. The van der Waals surface area contributed by atoms with Gasteiger partial charge in [-0.15, -0.1) is 0 Å². The molecule has 0 atom stereocenters. The Hall–Kier alpha value is -1.05. The van der Waals surface area contributed by atoms with Gasteiger partial charge in [-0.1, -0.05) is 0 Å². The molecule has 7 heteroatoms. The molecule has 2 N–H and O–H groups in total. The molecule has 88 valence electrons. The van der Waals surface area contributed by atoms with Crippen molar-refractivity contribution in [3.63, 3.8) is 0 Å². The average molecular weight is 248 g/mol. The van der Waals surface area contributed by atoms with Gasteiger partial charge in [0, 0.05) is 19.1 Å². The maximum absolute atomic E-state index is 13.3. The van der Waals surface area contributed by atoms with Crippen molar-refractivity contribution in [2.24, 2.45) is 5.73 Å². The molecule has 0 aromatic heterocycles. The first-order chi connectivity index (χ1) is 7.41. The summed E-state index contributed by atoms with van der Waals surface area (Å²) in [4.78, 5) is -0.639. The molecule has 2 rings (SSSR count). The van der Waals surface area contributed by atoms with E-state index in [4.69, 9.17) is 5.73 Å². The molecule has 0 spiro atoms. The summed E-state index contributed by atoms with van der Waals surface area (Å²) < 4.78 is 50.8. The SMILES string of the molecule is NC1CN(S(=O)(=O)c2cc(F)ccc2F)C1. The van der Waals surface area contributed by atoms with E-state index in [1.165, 1.54) is 0 Å². The first-order valence-corrected chi connectivity index (χ1v) is 6.06. The standard InChI is InChI=1S/C9H10F2N2O2S/c10-6-1-2-8(11)9(3-6)16(14,15)13-4-7(12)5-13/h1-3,7H,4-5,12H2. The van der Waals surface area contributed by atoms with Gasteiger partial charge in [0.15, 0.2) is 0 Å². The first kappa shape index (κ1) is 11.4. The van der Waals surface area contributed by atoms with Gasteiger partial charge in [-0.25, -0.2) is 17.2 Å². The highest BCUT2D eigenvalue weighted by molar-refractivity contribution is 7.89. The molecule has 0 unspecified atom stereocenters. The predicted molar refractivity (Wildman–Crippen MR) is 53.1 cm³/mol. The van der Waals surface area contributed by atoms with Crippen molar-refractivity contribution in [3.8, 4) is 0 Å². The summed E-state index contributed by atoms with van der Waals surface area (Å²) in [5.74, 6) is -1.74. The maximum atomic E-state index is 13.3. The third kappa shape index (κ3) is 1.81. The van der Waals surface area contributed by atoms with Gasteiger partial charge in [-0.3, -0.25) is 0 Å². The molecule has 0 saturated carbocycles. The van der Waals surface area contributed by atoms with Crippen LogP contribution in [0.5, 0.6) is 0 Å². The highest BCUT2D eigenvalue weighted by atomic mass is 32.2. The molecule has 1 aliphatic heterocycles. The van der Waals surface area contributed by atoms with Gasteiger partial charge in [0.05, 0.1) is 0 Å². The highest BCUT2D eigenvalue weighted by Crippen LogP contribution is 2.23. The number of hydrogen-bond donors (Lipinski definition) is 1. The van der Waals surface area contributed by atoms with Crippen LogP contribution < -0.4 is 5.73 Å². The fraction of sp³-hybridized carbons (Fsp3) is 0.333. The third-order valence-corrected chi connectivity index (χ3v) is 4.23. The summed E-state index contributed by atoms with van der Waals surface area (Å²) in [6.45, 7) is 0.274. The van der Waals surface area contributed by atoms with Crippen LogP contribution in [0.3, 0.4) is 0 Å². The van der Waals surface area contributed by atoms with Gasteiger partial charge < -0.3 is 5.73 Å². The van der Waals surface area contributed by atoms with Crippen molar-refractivity contribution in [3.05, 3.63) is 29.8 Å². The van der Waals surface area contributed by atoms with E-state index in [0.29, 0.717) is 6.07 Å². The van der Waals surface area contributed by atoms with Crippen LogP contribution in [0.4, 0.5) is 8.78 Å².